The number of hydrogen-bond acceptors (Lipinski definition) is 5. The number of aromatic nitrogens is 3. The number of amides is 1. The van der Waals surface area contributed by atoms with Crippen LogP contribution in [0.1, 0.15) is 40.3 Å². The van der Waals surface area contributed by atoms with Gasteiger partial charge in [-0.2, -0.15) is 5.10 Å². The van der Waals surface area contributed by atoms with E-state index in [0.717, 1.165) is 23.7 Å². The van der Waals surface area contributed by atoms with Gasteiger partial charge >= 0.3 is 0 Å². The van der Waals surface area contributed by atoms with E-state index in [1.807, 2.05) is 0 Å². The standard InChI is InChI=1S/C14H19N5OS/c1-15-14-16-12(8-21-14)13(20)19(2)7-11-9-5-3-4-6-10(9)17-18-11/h8H,3-7H2,1-2H3,(H,15,16)(H,17,18). The van der Waals surface area contributed by atoms with Gasteiger partial charge in [0.15, 0.2) is 5.13 Å². The zero-order valence-corrected chi connectivity index (χ0v) is 13.1. The lowest BCUT2D eigenvalue weighted by Gasteiger charge is -2.17. The van der Waals surface area contributed by atoms with E-state index in [9.17, 15) is 4.79 Å². The first-order chi connectivity index (χ1) is 10.2. The zero-order chi connectivity index (χ0) is 14.8. The highest BCUT2D eigenvalue weighted by Crippen LogP contribution is 2.23. The van der Waals surface area contributed by atoms with Crippen LogP contribution in [0.25, 0.3) is 0 Å². The molecule has 2 heterocycles. The summed E-state index contributed by atoms with van der Waals surface area (Å²) in [4.78, 5) is 18.3. The molecular weight excluding hydrogens is 286 g/mol. The molecule has 112 valence electrons. The molecule has 21 heavy (non-hydrogen) atoms. The van der Waals surface area contributed by atoms with Gasteiger partial charge < -0.3 is 10.2 Å². The fourth-order valence-corrected chi connectivity index (χ4v) is 3.30. The Bertz CT molecular complexity index is 648. The predicted molar refractivity (Wildman–Crippen MR) is 82.7 cm³/mol. The lowest BCUT2D eigenvalue weighted by Crippen LogP contribution is -2.27. The zero-order valence-electron chi connectivity index (χ0n) is 12.3. The Kier molecular flexibility index (Phi) is 3.92. The molecule has 0 spiro atoms. The number of H-pyrrole nitrogens is 1. The van der Waals surface area contributed by atoms with Gasteiger partial charge in [-0.05, 0) is 31.2 Å². The molecule has 1 aliphatic rings. The number of aryl methyl sites for hydroxylation is 1. The molecule has 2 N–H and O–H groups in total. The third kappa shape index (κ3) is 2.78. The molecule has 0 saturated heterocycles. The number of aromatic amines is 1. The SMILES string of the molecule is CNc1nc(C(=O)N(C)Cc2n[nH]c3c2CCCC3)cs1. The van der Waals surface area contributed by atoms with Crippen LogP contribution in [0.15, 0.2) is 5.38 Å². The van der Waals surface area contributed by atoms with Crippen LogP contribution in [-0.4, -0.2) is 40.1 Å². The van der Waals surface area contributed by atoms with E-state index in [0.29, 0.717) is 12.2 Å². The van der Waals surface area contributed by atoms with Crippen LogP contribution < -0.4 is 5.32 Å². The highest BCUT2D eigenvalue weighted by atomic mass is 32.1. The maximum Gasteiger partial charge on any atom is 0.273 e. The molecule has 7 heteroatoms. The van der Waals surface area contributed by atoms with Crippen molar-refractivity contribution < 1.29 is 4.79 Å². The van der Waals surface area contributed by atoms with Gasteiger partial charge in [0.05, 0.1) is 12.2 Å². The summed E-state index contributed by atoms with van der Waals surface area (Å²) in [7, 11) is 3.59. The number of fused-ring (bicyclic) bond motifs is 1. The third-order valence-corrected chi connectivity index (χ3v) is 4.67. The minimum atomic E-state index is -0.0692. The molecule has 0 radical (unpaired) electrons. The highest BCUT2D eigenvalue weighted by molar-refractivity contribution is 7.13. The van der Waals surface area contributed by atoms with Gasteiger partial charge in [0.2, 0.25) is 0 Å². The first-order valence-corrected chi connectivity index (χ1v) is 8.00. The van der Waals surface area contributed by atoms with Crippen LogP contribution in [0, 0.1) is 0 Å². The Balaban J connectivity index is 1.72. The number of carbonyl (C=O) groups excluding carboxylic acids is 1. The number of nitrogens with zero attached hydrogens (tertiary/aromatic N) is 3. The third-order valence-electron chi connectivity index (χ3n) is 3.81. The number of hydrogen-bond donors (Lipinski definition) is 2. The number of anilines is 1. The molecule has 0 atom stereocenters. The van der Waals surface area contributed by atoms with E-state index >= 15 is 0 Å². The predicted octanol–water partition coefficient (Wildman–Crippen LogP) is 2.06. The smallest absolute Gasteiger partial charge is 0.273 e. The molecule has 0 unspecified atom stereocenters. The second kappa shape index (κ2) is 5.85. The van der Waals surface area contributed by atoms with E-state index < -0.39 is 0 Å². The Hall–Kier alpha value is -1.89. The normalized spacial score (nSPS) is 13.8. The summed E-state index contributed by atoms with van der Waals surface area (Å²) >= 11 is 1.43. The maximum atomic E-state index is 12.4. The minimum absolute atomic E-state index is 0.0692. The summed E-state index contributed by atoms with van der Waals surface area (Å²) < 4.78 is 0. The molecule has 1 amide bonds. The Labute approximate surface area is 127 Å². The van der Waals surface area contributed by atoms with Crippen LogP contribution in [0.2, 0.25) is 0 Å². The first-order valence-electron chi connectivity index (χ1n) is 7.12. The van der Waals surface area contributed by atoms with Gasteiger partial charge in [-0.15, -0.1) is 11.3 Å². The average molecular weight is 305 g/mol. The van der Waals surface area contributed by atoms with Crippen molar-refractivity contribution in [3.8, 4) is 0 Å². The summed E-state index contributed by atoms with van der Waals surface area (Å²) in [6.07, 6.45) is 4.55. The van der Waals surface area contributed by atoms with Crippen LogP contribution in [0.5, 0.6) is 0 Å². The molecular formula is C14H19N5OS. The molecule has 0 aliphatic heterocycles. The quantitative estimate of drug-likeness (QED) is 0.907. The van der Waals surface area contributed by atoms with Crippen molar-refractivity contribution in [2.45, 2.75) is 32.2 Å². The summed E-state index contributed by atoms with van der Waals surface area (Å²) in [6, 6.07) is 0. The van der Waals surface area contributed by atoms with Crippen molar-refractivity contribution in [2.75, 3.05) is 19.4 Å². The molecule has 0 aromatic carbocycles. The van der Waals surface area contributed by atoms with Crippen LogP contribution in [-0.2, 0) is 19.4 Å². The summed E-state index contributed by atoms with van der Waals surface area (Å²) in [5, 5.41) is 13.0. The lowest BCUT2D eigenvalue weighted by molar-refractivity contribution is 0.0778. The van der Waals surface area contributed by atoms with Crippen LogP contribution in [0.3, 0.4) is 0 Å². The van der Waals surface area contributed by atoms with Crippen molar-refractivity contribution in [1.29, 1.82) is 0 Å². The van der Waals surface area contributed by atoms with Gasteiger partial charge in [-0.25, -0.2) is 4.98 Å². The number of rotatable bonds is 4. The van der Waals surface area contributed by atoms with E-state index in [1.54, 1.807) is 24.4 Å². The number of carbonyl (C=O) groups is 1. The Morgan fingerprint density at radius 2 is 2.29 bits per heavy atom. The first kappa shape index (κ1) is 14.1. The van der Waals surface area contributed by atoms with Gasteiger partial charge in [-0.1, -0.05) is 0 Å². The maximum absolute atomic E-state index is 12.4. The molecule has 6 nitrogen and oxygen atoms in total. The molecule has 2 aromatic rings. The fraction of sp³-hybridized carbons (Fsp3) is 0.500. The number of nitrogens with one attached hydrogen (secondary N) is 2. The van der Waals surface area contributed by atoms with Crippen molar-refractivity contribution in [3.05, 3.63) is 28.0 Å². The van der Waals surface area contributed by atoms with Gasteiger partial charge in [-0.3, -0.25) is 9.89 Å². The van der Waals surface area contributed by atoms with Crippen LogP contribution in [0.4, 0.5) is 5.13 Å². The van der Waals surface area contributed by atoms with Crippen molar-refractivity contribution in [1.82, 2.24) is 20.1 Å². The Morgan fingerprint density at radius 3 is 3.05 bits per heavy atom. The van der Waals surface area contributed by atoms with Crippen molar-refractivity contribution >= 4 is 22.4 Å². The van der Waals surface area contributed by atoms with E-state index in [2.05, 4.69) is 20.5 Å². The molecule has 0 fully saturated rings. The lowest BCUT2D eigenvalue weighted by atomic mass is 9.96. The van der Waals surface area contributed by atoms with E-state index in [4.69, 9.17) is 0 Å². The summed E-state index contributed by atoms with van der Waals surface area (Å²) in [6.45, 7) is 0.525. The monoisotopic (exact) mass is 305 g/mol. The van der Waals surface area contributed by atoms with E-state index in [-0.39, 0.29) is 5.91 Å². The van der Waals surface area contributed by atoms with Gasteiger partial charge in [0.25, 0.3) is 5.91 Å². The summed E-state index contributed by atoms with van der Waals surface area (Å²) in [5.74, 6) is -0.0692. The van der Waals surface area contributed by atoms with Crippen molar-refractivity contribution in [3.63, 3.8) is 0 Å². The van der Waals surface area contributed by atoms with E-state index in [1.165, 1.54) is 35.4 Å². The molecule has 0 saturated carbocycles. The average Bonchev–Trinajstić information content (AvgIpc) is 3.14. The van der Waals surface area contributed by atoms with Gasteiger partial charge in [0.1, 0.15) is 5.69 Å². The molecule has 0 bridgehead atoms. The molecule has 1 aliphatic carbocycles. The Morgan fingerprint density at radius 1 is 1.48 bits per heavy atom. The van der Waals surface area contributed by atoms with Crippen molar-refractivity contribution in [2.24, 2.45) is 0 Å². The number of thiazole rings is 1. The molecule has 2 aromatic heterocycles. The fourth-order valence-electron chi connectivity index (χ4n) is 2.66. The topological polar surface area (TPSA) is 73.9 Å². The largest absolute Gasteiger partial charge is 0.365 e. The van der Waals surface area contributed by atoms with Crippen LogP contribution >= 0.6 is 11.3 Å². The minimum Gasteiger partial charge on any atom is -0.365 e. The molecule has 3 rings (SSSR count). The highest BCUT2D eigenvalue weighted by Gasteiger charge is 2.21. The second-order valence-electron chi connectivity index (χ2n) is 5.28. The second-order valence-corrected chi connectivity index (χ2v) is 6.14. The summed E-state index contributed by atoms with van der Waals surface area (Å²) in [5.41, 5.74) is 4.01. The van der Waals surface area contributed by atoms with Gasteiger partial charge in [0, 0.05) is 25.2 Å².